The van der Waals surface area contributed by atoms with Crippen LogP contribution in [0.3, 0.4) is 0 Å². The highest BCUT2D eigenvalue weighted by molar-refractivity contribution is 7.99. The molecule has 0 nitrogen and oxygen atoms in total. The van der Waals surface area contributed by atoms with E-state index in [1.165, 1.54) is 12.1 Å². The van der Waals surface area contributed by atoms with Crippen LogP contribution in [0.1, 0.15) is 11.1 Å². The summed E-state index contributed by atoms with van der Waals surface area (Å²) >= 11 is 1.62. The highest BCUT2D eigenvalue weighted by Gasteiger charge is 2.15. The zero-order valence-electron chi connectivity index (χ0n) is 9.48. The number of benzene rings is 2. The van der Waals surface area contributed by atoms with Crippen molar-refractivity contribution in [2.75, 3.05) is 0 Å². The Labute approximate surface area is 110 Å². The number of allylic oxidation sites excluding steroid dienone is 1. The lowest BCUT2D eigenvalue weighted by molar-refractivity contribution is 0.626. The van der Waals surface area contributed by atoms with E-state index in [2.05, 4.69) is 5.92 Å². The van der Waals surface area contributed by atoms with Crippen molar-refractivity contribution in [2.45, 2.75) is 9.79 Å². The first-order valence-corrected chi connectivity index (χ1v) is 6.35. The van der Waals surface area contributed by atoms with Crippen LogP contribution in [-0.2, 0) is 0 Å². The number of halogens is 1. The van der Waals surface area contributed by atoms with Crippen molar-refractivity contribution in [3.05, 3.63) is 59.4 Å². The van der Waals surface area contributed by atoms with Gasteiger partial charge in [-0.2, -0.15) is 0 Å². The van der Waals surface area contributed by atoms with Gasteiger partial charge in [0.15, 0.2) is 0 Å². The third-order valence-electron chi connectivity index (χ3n) is 2.83. The normalized spacial score (nSPS) is 12.8. The van der Waals surface area contributed by atoms with Crippen molar-refractivity contribution in [1.82, 2.24) is 0 Å². The maximum Gasteiger partial charge on any atom is 0.123 e. The van der Waals surface area contributed by atoms with Gasteiger partial charge in [-0.1, -0.05) is 35.9 Å². The molecule has 0 amide bonds. The zero-order valence-corrected chi connectivity index (χ0v) is 10.3. The lowest BCUT2D eigenvalue weighted by Gasteiger charge is -2.06. The van der Waals surface area contributed by atoms with Crippen LogP contribution in [0.4, 0.5) is 4.39 Å². The Hall–Kier alpha value is -1.98. The summed E-state index contributed by atoms with van der Waals surface area (Å²) in [6.07, 6.45) is 7.48. The van der Waals surface area contributed by atoms with Crippen molar-refractivity contribution in [3.63, 3.8) is 0 Å². The average molecular weight is 252 g/mol. The maximum absolute atomic E-state index is 13.4. The SMILES string of the molecule is C#CC1=Cc2ccccc2Sc2ccc(F)cc21. The first kappa shape index (κ1) is 11.1. The van der Waals surface area contributed by atoms with Gasteiger partial charge in [-0.25, -0.2) is 4.39 Å². The van der Waals surface area contributed by atoms with E-state index in [-0.39, 0.29) is 5.82 Å². The lowest BCUT2D eigenvalue weighted by atomic mass is 10.0. The summed E-state index contributed by atoms with van der Waals surface area (Å²) in [7, 11) is 0. The molecule has 2 heteroatoms. The van der Waals surface area contributed by atoms with Gasteiger partial charge in [-0.3, -0.25) is 0 Å². The molecule has 0 atom stereocenters. The highest BCUT2D eigenvalue weighted by atomic mass is 32.2. The second kappa shape index (κ2) is 4.36. The summed E-state index contributed by atoms with van der Waals surface area (Å²) in [6, 6.07) is 12.8. The molecule has 0 radical (unpaired) electrons. The molecule has 0 aromatic heterocycles. The number of terminal acetylenes is 1. The molecule has 0 saturated heterocycles. The van der Waals surface area contributed by atoms with Crippen molar-refractivity contribution in [1.29, 1.82) is 0 Å². The topological polar surface area (TPSA) is 0 Å². The molecule has 0 saturated carbocycles. The summed E-state index contributed by atoms with van der Waals surface area (Å²) in [5.74, 6) is 2.39. The van der Waals surface area contributed by atoms with Gasteiger partial charge >= 0.3 is 0 Å². The van der Waals surface area contributed by atoms with Gasteiger partial charge in [-0.15, -0.1) is 6.42 Å². The molecule has 0 N–H and O–H groups in total. The van der Waals surface area contributed by atoms with Gasteiger partial charge in [0.25, 0.3) is 0 Å². The van der Waals surface area contributed by atoms with E-state index >= 15 is 0 Å². The van der Waals surface area contributed by atoms with E-state index < -0.39 is 0 Å². The fourth-order valence-electron chi connectivity index (χ4n) is 1.97. The minimum atomic E-state index is -0.263. The van der Waals surface area contributed by atoms with Crippen LogP contribution in [0, 0.1) is 18.2 Å². The molecule has 0 spiro atoms. The maximum atomic E-state index is 13.4. The van der Waals surface area contributed by atoms with E-state index in [0.717, 1.165) is 26.5 Å². The molecule has 0 fully saturated rings. The van der Waals surface area contributed by atoms with Crippen molar-refractivity contribution in [3.8, 4) is 12.3 Å². The quantitative estimate of drug-likeness (QED) is 0.624. The second-order valence-corrected chi connectivity index (χ2v) is 5.07. The summed E-state index contributed by atoms with van der Waals surface area (Å²) in [6.45, 7) is 0. The molecular formula is C16H9FS. The number of fused-ring (bicyclic) bond motifs is 2. The first-order chi connectivity index (χ1) is 8.78. The van der Waals surface area contributed by atoms with Crippen LogP contribution in [-0.4, -0.2) is 0 Å². The van der Waals surface area contributed by atoms with E-state index in [4.69, 9.17) is 6.42 Å². The average Bonchev–Trinajstić information content (AvgIpc) is 2.54. The standard InChI is InChI=1S/C16H9FS/c1-2-11-9-12-5-3-4-6-15(12)18-16-8-7-13(17)10-14(11)16/h1,3-10H. The van der Waals surface area contributed by atoms with E-state index in [9.17, 15) is 4.39 Å². The minimum Gasteiger partial charge on any atom is -0.207 e. The monoisotopic (exact) mass is 252 g/mol. The third-order valence-corrected chi connectivity index (χ3v) is 3.99. The van der Waals surface area contributed by atoms with E-state index in [1.807, 2.05) is 30.3 Å². The Kier molecular flexibility index (Phi) is 2.70. The molecule has 1 heterocycles. The predicted molar refractivity (Wildman–Crippen MR) is 73.7 cm³/mol. The van der Waals surface area contributed by atoms with Crippen LogP contribution < -0.4 is 0 Å². The zero-order chi connectivity index (χ0) is 12.5. The predicted octanol–water partition coefficient (Wildman–Crippen LogP) is 4.46. The number of hydrogen-bond acceptors (Lipinski definition) is 1. The second-order valence-electron chi connectivity index (χ2n) is 3.98. The van der Waals surface area contributed by atoms with Crippen molar-refractivity contribution in [2.24, 2.45) is 0 Å². The molecule has 18 heavy (non-hydrogen) atoms. The molecular weight excluding hydrogens is 243 g/mol. The van der Waals surface area contributed by atoms with E-state index in [1.54, 1.807) is 17.8 Å². The molecule has 2 aromatic carbocycles. The Morgan fingerprint density at radius 2 is 1.89 bits per heavy atom. The fourth-order valence-corrected chi connectivity index (χ4v) is 3.01. The Morgan fingerprint density at radius 3 is 2.72 bits per heavy atom. The van der Waals surface area contributed by atoms with Gasteiger partial charge in [0, 0.05) is 20.9 Å². The first-order valence-electron chi connectivity index (χ1n) is 5.53. The van der Waals surface area contributed by atoms with Gasteiger partial charge < -0.3 is 0 Å². The Bertz CT molecular complexity index is 692. The van der Waals surface area contributed by atoms with Crippen LogP contribution in [0.2, 0.25) is 0 Å². The van der Waals surface area contributed by atoms with Gasteiger partial charge in [0.05, 0.1) is 0 Å². The highest BCUT2D eigenvalue weighted by Crippen LogP contribution is 2.40. The fraction of sp³-hybridized carbons (Fsp3) is 0. The molecule has 1 aliphatic rings. The Balaban J connectivity index is 2.29. The largest absolute Gasteiger partial charge is 0.207 e. The van der Waals surface area contributed by atoms with Crippen LogP contribution >= 0.6 is 11.8 Å². The molecule has 3 rings (SSSR count). The van der Waals surface area contributed by atoms with Crippen LogP contribution in [0.15, 0.2) is 52.3 Å². The molecule has 2 aromatic rings. The van der Waals surface area contributed by atoms with Crippen molar-refractivity contribution >= 4 is 23.4 Å². The minimum absolute atomic E-state index is 0.263. The summed E-state index contributed by atoms with van der Waals surface area (Å²) < 4.78 is 13.4. The van der Waals surface area contributed by atoms with Crippen molar-refractivity contribution < 1.29 is 4.39 Å². The summed E-state index contributed by atoms with van der Waals surface area (Å²) in [5, 5.41) is 0. The lowest BCUT2D eigenvalue weighted by Crippen LogP contribution is -1.86. The molecule has 0 unspecified atom stereocenters. The Morgan fingerprint density at radius 1 is 1.06 bits per heavy atom. The molecule has 0 aliphatic carbocycles. The summed E-state index contributed by atoms with van der Waals surface area (Å²) in [4.78, 5) is 2.13. The number of hydrogen-bond donors (Lipinski definition) is 0. The molecule has 0 bridgehead atoms. The third kappa shape index (κ3) is 1.83. The van der Waals surface area contributed by atoms with E-state index in [0.29, 0.717) is 0 Å². The summed E-state index contributed by atoms with van der Waals surface area (Å²) in [5.41, 5.74) is 2.59. The van der Waals surface area contributed by atoms with Crippen LogP contribution in [0.5, 0.6) is 0 Å². The smallest absolute Gasteiger partial charge is 0.123 e. The molecule has 86 valence electrons. The van der Waals surface area contributed by atoms with Gasteiger partial charge in [-0.05, 0) is 35.9 Å². The van der Waals surface area contributed by atoms with Gasteiger partial charge in [0.2, 0.25) is 0 Å². The van der Waals surface area contributed by atoms with Crippen LogP contribution in [0.25, 0.3) is 11.6 Å². The molecule has 1 aliphatic heterocycles. The van der Waals surface area contributed by atoms with Gasteiger partial charge in [0.1, 0.15) is 5.82 Å². The number of rotatable bonds is 0.